The van der Waals surface area contributed by atoms with Gasteiger partial charge in [-0.2, -0.15) is 0 Å². The molecule has 0 amide bonds. The fourth-order valence-corrected chi connectivity index (χ4v) is 2.28. The first-order valence-corrected chi connectivity index (χ1v) is 6.25. The van der Waals surface area contributed by atoms with E-state index < -0.39 is 11.5 Å². The Labute approximate surface area is 119 Å². The van der Waals surface area contributed by atoms with E-state index in [9.17, 15) is 19.8 Å². The zero-order chi connectivity index (χ0) is 15.0. The minimum Gasteiger partial charge on any atom is -0.503 e. The zero-order valence-electron chi connectivity index (χ0n) is 10.8. The molecule has 0 aliphatic heterocycles. The average molecular weight is 281 g/mol. The highest BCUT2D eigenvalue weighted by Crippen LogP contribution is 2.27. The van der Waals surface area contributed by atoms with E-state index in [1.807, 2.05) is 0 Å². The summed E-state index contributed by atoms with van der Waals surface area (Å²) in [4.78, 5) is 25.3. The van der Waals surface area contributed by atoms with Crippen molar-refractivity contribution in [3.05, 3.63) is 64.4 Å². The van der Waals surface area contributed by atoms with Crippen LogP contribution in [0.1, 0.15) is 10.4 Å². The van der Waals surface area contributed by atoms with Gasteiger partial charge in [0, 0.05) is 10.9 Å². The van der Waals surface area contributed by atoms with Gasteiger partial charge in [0.15, 0.2) is 5.75 Å². The summed E-state index contributed by atoms with van der Waals surface area (Å²) in [6.45, 7) is 0. The first kappa shape index (κ1) is 12.9. The smallest absolute Gasteiger partial charge is 0.336 e. The molecule has 0 bridgehead atoms. The monoisotopic (exact) mass is 281 g/mol. The topological polar surface area (TPSA) is 90.4 Å². The molecule has 104 valence electrons. The van der Waals surface area contributed by atoms with E-state index in [1.54, 1.807) is 36.4 Å². The molecule has 0 atom stereocenters. The predicted octanol–water partition coefficient (Wildman–Crippen LogP) is 2.60. The Kier molecular flexibility index (Phi) is 2.95. The van der Waals surface area contributed by atoms with Crippen LogP contribution in [-0.4, -0.2) is 21.2 Å². The number of aromatic hydroxyl groups is 1. The van der Waals surface area contributed by atoms with Gasteiger partial charge >= 0.3 is 5.97 Å². The van der Waals surface area contributed by atoms with Gasteiger partial charge < -0.3 is 15.2 Å². The summed E-state index contributed by atoms with van der Waals surface area (Å²) < 4.78 is 0. The van der Waals surface area contributed by atoms with Crippen LogP contribution in [0, 0.1) is 0 Å². The van der Waals surface area contributed by atoms with Crippen LogP contribution in [-0.2, 0) is 0 Å². The molecule has 5 heteroatoms. The molecule has 3 aromatic rings. The normalized spacial score (nSPS) is 10.7. The molecule has 0 spiro atoms. The van der Waals surface area contributed by atoms with Crippen molar-refractivity contribution >= 4 is 16.9 Å². The maximum atomic E-state index is 11.5. The average Bonchev–Trinajstić information content (AvgIpc) is 2.48. The van der Waals surface area contributed by atoms with E-state index in [0.29, 0.717) is 22.0 Å². The van der Waals surface area contributed by atoms with E-state index >= 15 is 0 Å². The van der Waals surface area contributed by atoms with Gasteiger partial charge in [0.2, 0.25) is 0 Å². The molecule has 0 saturated carbocycles. The number of hydrogen-bond donors (Lipinski definition) is 3. The van der Waals surface area contributed by atoms with Crippen LogP contribution >= 0.6 is 0 Å². The third-order valence-electron chi connectivity index (χ3n) is 3.29. The van der Waals surface area contributed by atoms with Gasteiger partial charge in [-0.1, -0.05) is 30.3 Å². The van der Waals surface area contributed by atoms with E-state index in [1.165, 1.54) is 12.1 Å². The Hall–Kier alpha value is -3.08. The number of fused-ring (bicyclic) bond motifs is 1. The molecule has 2 aromatic carbocycles. The summed E-state index contributed by atoms with van der Waals surface area (Å²) in [6.07, 6.45) is 0. The molecule has 0 fully saturated rings. The fraction of sp³-hybridized carbons (Fsp3) is 0. The van der Waals surface area contributed by atoms with Gasteiger partial charge in [0.1, 0.15) is 0 Å². The van der Waals surface area contributed by atoms with E-state index in [0.717, 1.165) is 0 Å². The molecule has 21 heavy (non-hydrogen) atoms. The minimum absolute atomic E-state index is 0.193. The summed E-state index contributed by atoms with van der Waals surface area (Å²) in [7, 11) is 0. The Morgan fingerprint density at radius 3 is 2.57 bits per heavy atom. The second-order valence-electron chi connectivity index (χ2n) is 4.64. The molecule has 3 N–H and O–H groups in total. The van der Waals surface area contributed by atoms with Gasteiger partial charge in [0.25, 0.3) is 5.56 Å². The van der Waals surface area contributed by atoms with Crippen molar-refractivity contribution in [2.45, 2.75) is 0 Å². The van der Waals surface area contributed by atoms with Gasteiger partial charge in [0.05, 0.1) is 5.56 Å². The highest BCUT2D eigenvalue weighted by molar-refractivity contribution is 5.97. The maximum Gasteiger partial charge on any atom is 0.336 e. The largest absolute Gasteiger partial charge is 0.503 e. The predicted molar refractivity (Wildman–Crippen MR) is 78.6 cm³/mol. The van der Waals surface area contributed by atoms with Crippen LogP contribution in [0.5, 0.6) is 5.75 Å². The summed E-state index contributed by atoms with van der Waals surface area (Å²) in [6, 6.07) is 13.2. The lowest BCUT2D eigenvalue weighted by molar-refractivity contribution is 0.0697. The number of rotatable bonds is 2. The van der Waals surface area contributed by atoms with Crippen LogP contribution in [0.3, 0.4) is 0 Å². The Morgan fingerprint density at radius 1 is 1.05 bits per heavy atom. The number of hydrogen-bond acceptors (Lipinski definition) is 3. The SMILES string of the molecule is O=C(O)c1ccccc1-c1ccc2cc(O)c(=O)[nH]c2c1. The van der Waals surface area contributed by atoms with Crippen molar-refractivity contribution in [1.82, 2.24) is 4.98 Å². The van der Waals surface area contributed by atoms with Crippen molar-refractivity contribution in [3.8, 4) is 16.9 Å². The first-order valence-electron chi connectivity index (χ1n) is 6.25. The number of carboxylic acids is 1. The number of carboxylic acid groups (broad SMARTS) is 1. The van der Waals surface area contributed by atoms with E-state index in [-0.39, 0.29) is 11.3 Å². The number of aromatic amines is 1. The standard InChI is InChI=1S/C16H11NO4/c18-14-8-10-6-5-9(7-13(10)17-15(14)19)11-3-1-2-4-12(11)16(20)21/h1-8,18H,(H,17,19)(H,20,21). The van der Waals surface area contributed by atoms with Crippen molar-refractivity contribution in [2.24, 2.45) is 0 Å². The van der Waals surface area contributed by atoms with Crippen LogP contribution < -0.4 is 5.56 Å². The van der Waals surface area contributed by atoms with Crippen LogP contribution in [0.15, 0.2) is 53.3 Å². The van der Waals surface area contributed by atoms with Crippen molar-refractivity contribution in [3.63, 3.8) is 0 Å². The number of aromatic carboxylic acids is 1. The number of nitrogens with one attached hydrogen (secondary N) is 1. The highest BCUT2D eigenvalue weighted by atomic mass is 16.4. The molecule has 0 aliphatic carbocycles. The van der Waals surface area contributed by atoms with Gasteiger partial charge in [-0.05, 0) is 29.3 Å². The Balaban J connectivity index is 2.25. The molecule has 1 heterocycles. The molecular weight excluding hydrogens is 270 g/mol. The molecule has 5 nitrogen and oxygen atoms in total. The first-order chi connectivity index (χ1) is 10.1. The molecule has 0 radical (unpaired) electrons. The number of carbonyl (C=O) groups is 1. The Morgan fingerprint density at radius 2 is 1.81 bits per heavy atom. The summed E-state index contributed by atoms with van der Waals surface area (Å²) in [5.41, 5.74) is 1.40. The molecule has 0 aliphatic rings. The lowest BCUT2D eigenvalue weighted by Crippen LogP contribution is -2.04. The van der Waals surface area contributed by atoms with Gasteiger partial charge in [-0.15, -0.1) is 0 Å². The Bertz CT molecular complexity index is 912. The molecular formula is C16H11NO4. The number of benzene rings is 2. The summed E-state index contributed by atoms with van der Waals surface area (Å²) in [5.74, 6) is -1.36. The summed E-state index contributed by atoms with van der Waals surface area (Å²) in [5, 5.41) is 19.3. The van der Waals surface area contributed by atoms with Crippen molar-refractivity contribution in [2.75, 3.05) is 0 Å². The molecule has 1 aromatic heterocycles. The molecule has 0 unspecified atom stereocenters. The van der Waals surface area contributed by atoms with Crippen LogP contribution in [0.4, 0.5) is 0 Å². The molecule has 0 saturated heterocycles. The van der Waals surface area contributed by atoms with Crippen molar-refractivity contribution < 1.29 is 15.0 Å². The van der Waals surface area contributed by atoms with E-state index in [4.69, 9.17) is 0 Å². The van der Waals surface area contributed by atoms with E-state index in [2.05, 4.69) is 4.98 Å². The third kappa shape index (κ3) is 2.25. The van der Waals surface area contributed by atoms with Crippen LogP contribution in [0.2, 0.25) is 0 Å². The third-order valence-corrected chi connectivity index (χ3v) is 3.29. The molecule has 3 rings (SSSR count). The fourth-order valence-electron chi connectivity index (χ4n) is 2.28. The maximum absolute atomic E-state index is 11.5. The number of pyridine rings is 1. The quantitative estimate of drug-likeness (QED) is 0.673. The van der Waals surface area contributed by atoms with Crippen molar-refractivity contribution in [1.29, 1.82) is 0 Å². The lowest BCUT2D eigenvalue weighted by Gasteiger charge is -2.07. The number of aromatic nitrogens is 1. The number of H-pyrrole nitrogens is 1. The van der Waals surface area contributed by atoms with Gasteiger partial charge in [-0.3, -0.25) is 4.79 Å². The van der Waals surface area contributed by atoms with Gasteiger partial charge in [-0.25, -0.2) is 4.79 Å². The highest BCUT2D eigenvalue weighted by Gasteiger charge is 2.11. The second kappa shape index (κ2) is 4.79. The minimum atomic E-state index is -1.01. The lowest BCUT2D eigenvalue weighted by atomic mass is 9.98. The van der Waals surface area contributed by atoms with Crippen LogP contribution in [0.25, 0.3) is 22.0 Å². The summed E-state index contributed by atoms with van der Waals surface area (Å²) >= 11 is 0. The second-order valence-corrected chi connectivity index (χ2v) is 4.64. The zero-order valence-corrected chi connectivity index (χ0v) is 10.8.